The van der Waals surface area contributed by atoms with E-state index in [4.69, 9.17) is 4.42 Å². The van der Waals surface area contributed by atoms with E-state index >= 15 is 0 Å². The van der Waals surface area contributed by atoms with Gasteiger partial charge in [0.25, 0.3) is 0 Å². The van der Waals surface area contributed by atoms with Crippen LogP contribution in [-0.4, -0.2) is 19.6 Å². The molecule has 4 heteroatoms. The SMILES string of the molecule is COC(=O)c1ccc(C(C)NCC2(C3CC3)CC2)o1. The quantitative estimate of drug-likeness (QED) is 0.802. The van der Waals surface area contributed by atoms with Crippen LogP contribution in [0.1, 0.15) is 55.0 Å². The highest BCUT2D eigenvalue weighted by Crippen LogP contribution is 2.60. The van der Waals surface area contributed by atoms with E-state index in [1.54, 1.807) is 6.07 Å². The summed E-state index contributed by atoms with van der Waals surface area (Å²) in [4.78, 5) is 11.3. The summed E-state index contributed by atoms with van der Waals surface area (Å²) in [7, 11) is 1.36. The maximum absolute atomic E-state index is 11.3. The van der Waals surface area contributed by atoms with Crippen molar-refractivity contribution in [3.8, 4) is 0 Å². The van der Waals surface area contributed by atoms with Crippen LogP contribution in [0, 0.1) is 11.3 Å². The van der Waals surface area contributed by atoms with Crippen LogP contribution in [-0.2, 0) is 4.74 Å². The van der Waals surface area contributed by atoms with Gasteiger partial charge in [0.05, 0.1) is 13.2 Å². The molecular weight excluding hydrogens is 242 g/mol. The molecule has 2 saturated carbocycles. The van der Waals surface area contributed by atoms with Gasteiger partial charge in [0, 0.05) is 6.54 Å². The summed E-state index contributed by atoms with van der Waals surface area (Å²) in [6.07, 6.45) is 5.54. The van der Waals surface area contributed by atoms with Crippen molar-refractivity contribution in [2.45, 2.75) is 38.6 Å². The van der Waals surface area contributed by atoms with Crippen molar-refractivity contribution in [2.75, 3.05) is 13.7 Å². The highest BCUT2D eigenvalue weighted by Gasteiger charge is 2.53. The molecule has 0 amide bonds. The van der Waals surface area contributed by atoms with Crippen molar-refractivity contribution in [2.24, 2.45) is 11.3 Å². The lowest BCUT2D eigenvalue weighted by Crippen LogP contribution is -2.27. The molecular formula is C15H21NO3. The van der Waals surface area contributed by atoms with E-state index in [0.29, 0.717) is 5.41 Å². The number of methoxy groups -OCH3 is 1. The van der Waals surface area contributed by atoms with Crippen LogP contribution in [0.25, 0.3) is 0 Å². The molecule has 0 spiro atoms. The van der Waals surface area contributed by atoms with Crippen LogP contribution < -0.4 is 5.32 Å². The molecule has 0 saturated heterocycles. The molecule has 3 rings (SSSR count). The first kappa shape index (κ1) is 12.7. The van der Waals surface area contributed by atoms with Gasteiger partial charge in [0.2, 0.25) is 5.76 Å². The molecule has 2 aliphatic carbocycles. The van der Waals surface area contributed by atoms with Crippen molar-refractivity contribution < 1.29 is 13.9 Å². The molecule has 1 N–H and O–H groups in total. The molecule has 0 radical (unpaired) electrons. The Kier molecular flexibility index (Phi) is 3.13. The third-order valence-corrected chi connectivity index (χ3v) is 4.54. The van der Waals surface area contributed by atoms with E-state index in [0.717, 1.165) is 18.2 Å². The zero-order valence-electron chi connectivity index (χ0n) is 11.6. The monoisotopic (exact) mass is 263 g/mol. The van der Waals surface area contributed by atoms with Crippen LogP contribution in [0.3, 0.4) is 0 Å². The Morgan fingerprint density at radius 3 is 2.84 bits per heavy atom. The molecule has 0 bridgehead atoms. The summed E-state index contributed by atoms with van der Waals surface area (Å²) in [5.41, 5.74) is 0.575. The van der Waals surface area contributed by atoms with E-state index in [2.05, 4.69) is 17.0 Å². The lowest BCUT2D eigenvalue weighted by Gasteiger charge is -2.18. The van der Waals surface area contributed by atoms with Gasteiger partial charge < -0.3 is 14.5 Å². The highest BCUT2D eigenvalue weighted by molar-refractivity contribution is 5.86. The summed E-state index contributed by atoms with van der Waals surface area (Å²) >= 11 is 0. The minimum atomic E-state index is -0.421. The minimum Gasteiger partial charge on any atom is -0.463 e. The maximum Gasteiger partial charge on any atom is 0.373 e. The van der Waals surface area contributed by atoms with Crippen molar-refractivity contribution in [3.63, 3.8) is 0 Å². The van der Waals surface area contributed by atoms with Gasteiger partial charge in [-0.25, -0.2) is 4.79 Å². The molecule has 1 aromatic heterocycles. The molecule has 2 fully saturated rings. The van der Waals surface area contributed by atoms with Gasteiger partial charge in [0.15, 0.2) is 0 Å². The predicted octanol–water partition coefficient (Wildman–Crippen LogP) is 2.91. The van der Waals surface area contributed by atoms with Crippen LogP contribution in [0.15, 0.2) is 16.5 Å². The number of carbonyl (C=O) groups excluding carboxylic acids is 1. The standard InChI is InChI=1S/C15H21NO3/c1-10(12-5-6-13(19-12)14(17)18-2)16-9-15(7-8-15)11-3-4-11/h5-6,10-11,16H,3-4,7-9H2,1-2H3. The average molecular weight is 263 g/mol. The molecule has 1 aromatic rings. The van der Waals surface area contributed by atoms with Crippen molar-refractivity contribution >= 4 is 5.97 Å². The third kappa shape index (κ3) is 2.54. The predicted molar refractivity (Wildman–Crippen MR) is 70.9 cm³/mol. The number of hydrogen-bond acceptors (Lipinski definition) is 4. The second-order valence-corrected chi connectivity index (χ2v) is 5.93. The number of carbonyl (C=O) groups is 1. The van der Waals surface area contributed by atoms with Crippen molar-refractivity contribution in [3.05, 3.63) is 23.7 Å². The summed E-state index contributed by atoms with van der Waals surface area (Å²) in [6.45, 7) is 3.13. The molecule has 2 aliphatic rings. The van der Waals surface area contributed by atoms with E-state index in [1.165, 1.54) is 32.8 Å². The van der Waals surface area contributed by atoms with Crippen LogP contribution >= 0.6 is 0 Å². The lowest BCUT2D eigenvalue weighted by molar-refractivity contribution is 0.0562. The zero-order chi connectivity index (χ0) is 13.5. The summed E-state index contributed by atoms with van der Waals surface area (Å²) in [5, 5.41) is 3.55. The van der Waals surface area contributed by atoms with Gasteiger partial charge in [-0.2, -0.15) is 0 Å². The van der Waals surface area contributed by atoms with Gasteiger partial charge in [-0.3, -0.25) is 0 Å². The lowest BCUT2D eigenvalue weighted by atomic mass is 10.0. The van der Waals surface area contributed by atoms with E-state index in [9.17, 15) is 4.79 Å². The van der Waals surface area contributed by atoms with Crippen LogP contribution in [0.4, 0.5) is 0 Å². The molecule has 104 valence electrons. The molecule has 0 aliphatic heterocycles. The highest BCUT2D eigenvalue weighted by atomic mass is 16.5. The number of ether oxygens (including phenoxy) is 1. The Bertz CT molecular complexity index is 471. The van der Waals surface area contributed by atoms with Gasteiger partial charge in [-0.05, 0) is 56.1 Å². The summed E-state index contributed by atoms with van der Waals surface area (Å²) < 4.78 is 10.2. The first-order chi connectivity index (χ1) is 9.14. The largest absolute Gasteiger partial charge is 0.463 e. The Morgan fingerprint density at radius 2 is 2.26 bits per heavy atom. The normalized spacial score (nSPS) is 22.0. The van der Waals surface area contributed by atoms with Gasteiger partial charge in [-0.1, -0.05) is 0 Å². The number of rotatable bonds is 6. The minimum absolute atomic E-state index is 0.134. The number of nitrogens with one attached hydrogen (secondary N) is 1. The average Bonchev–Trinajstić information content (AvgIpc) is 3.32. The molecule has 1 heterocycles. The number of furan rings is 1. The Labute approximate surface area is 113 Å². The fourth-order valence-electron chi connectivity index (χ4n) is 2.84. The second-order valence-electron chi connectivity index (χ2n) is 5.93. The maximum atomic E-state index is 11.3. The van der Waals surface area contributed by atoms with Crippen molar-refractivity contribution in [1.29, 1.82) is 0 Å². The topological polar surface area (TPSA) is 51.5 Å². The molecule has 1 unspecified atom stereocenters. The van der Waals surface area contributed by atoms with E-state index < -0.39 is 5.97 Å². The Hall–Kier alpha value is -1.29. The smallest absolute Gasteiger partial charge is 0.373 e. The van der Waals surface area contributed by atoms with Gasteiger partial charge in [0.1, 0.15) is 5.76 Å². The van der Waals surface area contributed by atoms with Crippen molar-refractivity contribution in [1.82, 2.24) is 5.32 Å². The first-order valence-electron chi connectivity index (χ1n) is 7.06. The van der Waals surface area contributed by atoms with E-state index in [1.807, 2.05) is 6.07 Å². The number of hydrogen-bond donors (Lipinski definition) is 1. The van der Waals surface area contributed by atoms with E-state index in [-0.39, 0.29) is 11.8 Å². The van der Waals surface area contributed by atoms with Gasteiger partial charge >= 0.3 is 5.97 Å². The Morgan fingerprint density at radius 1 is 1.53 bits per heavy atom. The molecule has 1 atom stereocenters. The molecule has 4 nitrogen and oxygen atoms in total. The summed E-state index contributed by atoms with van der Waals surface area (Å²) in [5.74, 6) is 1.60. The first-order valence-corrected chi connectivity index (χ1v) is 7.06. The molecule has 19 heavy (non-hydrogen) atoms. The van der Waals surface area contributed by atoms with Crippen LogP contribution in [0.5, 0.6) is 0 Å². The summed E-state index contributed by atoms with van der Waals surface area (Å²) in [6, 6.07) is 3.66. The van der Waals surface area contributed by atoms with Gasteiger partial charge in [-0.15, -0.1) is 0 Å². The third-order valence-electron chi connectivity index (χ3n) is 4.54. The second kappa shape index (κ2) is 4.67. The fraction of sp³-hybridized carbons (Fsp3) is 0.667. The number of esters is 1. The fourth-order valence-corrected chi connectivity index (χ4v) is 2.84. The zero-order valence-corrected chi connectivity index (χ0v) is 11.6. The Balaban J connectivity index is 1.56. The molecule has 0 aromatic carbocycles. The van der Waals surface area contributed by atoms with Crippen LogP contribution in [0.2, 0.25) is 0 Å².